The monoisotopic (exact) mass is 280 g/mol. The maximum absolute atomic E-state index is 6.32. The van der Waals surface area contributed by atoms with E-state index in [1.807, 2.05) is 18.7 Å². The predicted molar refractivity (Wildman–Crippen MR) is 79.7 cm³/mol. The first-order valence-corrected chi connectivity index (χ1v) is 7.97. The molecule has 0 saturated carbocycles. The van der Waals surface area contributed by atoms with E-state index in [9.17, 15) is 0 Å². The van der Waals surface area contributed by atoms with Gasteiger partial charge in [0.15, 0.2) is 0 Å². The molecular weight excluding hydrogens is 264 g/mol. The van der Waals surface area contributed by atoms with Crippen molar-refractivity contribution in [2.75, 3.05) is 11.5 Å². The number of imidazole rings is 1. The molecule has 2 atom stereocenters. The lowest BCUT2D eigenvalue weighted by Gasteiger charge is -2.16. The lowest BCUT2D eigenvalue weighted by atomic mass is 10.2. The standard InChI is InChI=1S/C14H17ClN2S/c1-9-4-3-5-12-13(9)16-14(10(2)15)17(12)11-6-7-18-8-11/h3-5,10-11H,6-8H2,1-2H3. The van der Waals surface area contributed by atoms with Crippen molar-refractivity contribution in [1.82, 2.24) is 9.55 Å². The highest BCUT2D eigenvalue weighted by Crippen LogP contribution is 2.35. The molecule has 0 bridgehead atoms. The van der Waals surface area contributed by atoms with E-state index in [2.05, 4.69) is 29.7 Å². The average molecular weight is 281 g/mol. The van der Waals surface area contributed by atoms with Gasteiger partial charge in [-0.1, -0.05) is 12.1 Å². The molecule has 4 heteroatoms. The van der Waals surface area contributed by atoms with Crippen LogP contribution >= 0.6 is 23.4 Å². The van der Waals surface area contributed by atoms with Gasteiger partial charge in [0.2, 0.25) is 0 Å². The molecule has 1 aromatic heterocycles. The number of hydrogen-bond donors (Lipinski definition) is 0. The SMILES string of the molecule is Cc1cccc2c1nc(C(C)Cl)n2C1CCSC1. The number of halogens is 1. The number of thioether (sulfide) groups is 1. The van der Waals surface area contributed by atoms with Crippen LogP contribution in [0.15, 0.2) is 18.2 Å². The quantitative estimate of drug-likeness (QED) is 0.763. The van der Waals surface area contributed by atoms with Gasteiger partial charge < -0.3 is 4.57 Å². The lowest BCUT2D eigenvalue weighted by Crippen LogP contribution is -2.12. The number of hydrogen-bond acceptors (Lipinski definition) is 2. The van der Waals surface area contributed by atoms with Crippen LogP contribution in [-0.4, -0.2) is 21.1 Å². The van der Waals surface area contributed by atoms with Crippen molar-refractivity contribution in [3.8, 4) is 0 Å². The first-order chi connectivity index (χ1) is 8.68. The van der Waals surface area contributed by atoms with E-state index in [-0.39, 0.29) is 5.38 Å². The fourth-order valence-electron chi connectivity index (χ4n) is 2.67. The number of benzene rings is 1. The van der Waals surface area contributed by atoms with Crippen LogP contribution < -0.4 is 0 Å². The van der Waals surface area contributed by atoms with Crippen LogP contribution in [0.3, 0.4) is 0 Å². The lowest BCUT2D eigenvalue weighted by molar-refractivity contribution is 0.549. The maximum Gasteiger partial charge on any atom is 0.128 e. The molecule has 0 aliphatic carbocycles. The molecule has 0 N–H and O–H groups in total. The Morgan fingerprint density at radius 3 is 3.00 bits per heavy atom. The van der Waals surface area contributed by atoms with Crippen molar-refractivity contribution in [2.24, 2.45) is 0 Å². The van der Waals surface area contributed by atoms with Crippen molar-refractivity contribution < 1.29 is 0 Å². The average Bonchev–Trinajstić information content (AvgIpc) is 2.94. The van der Waals surface area contributed by atoms with E-state index in [1.165, 1.54) is 29.0 Å². The Labute approximate surface area is 117 Å². The minimum Gasteiger partial charge on any atom is -0.323 e. The summed E-state index contributed by atoms with van der Waals surface area (Å²) in [5.74, 6) is 3.44. The van der Waals surface area contributed by atoms with Crippen LogP contribution in [-0.2, 0) is 0 Å². The van der Waals surface area contributed by atoms with Crippen LogP contribution in [0.1, 0.15) is 36.2 Å². The highest BCUT2D eigenvalue weighted by Gasteiger charge is 2.24. The summed E-state index contributed by atoms with van der Waals surface area (Å²) >= 11 is 8.34. The minimum absolute atomic E-state index is 0.0394. The molecule has 96 valence electrons. The van der Waals surface area contributed by atoms with Gasteiger partial charge in [-0.25, -0.2) is 4.98 Å². The molecular formula is C14H17ClN2S. The maximum atomic E-state index is 6.32. The predicted octanol–water partition coefficient (Wildman–Crippen LogP) is 4.32. The van der Waals surface area contributed by atoms with E-state index < -0.39 is 0 Å². The van der Waals surface area contributed by atoms with Gasteiger partial charge in [0.05, 0.1) is 16.4 Å². The zero-order valence-electron chi connectivity index (χ0n) is 10.7. The third kappa shape index (κ3) is 1.94. The Hall–Kier alpha value is -0.670. The summed E-state index contributed by atoms with van der Waals surface area (Å²) in [6, 6.07) is 6.95. The van der Waals surface area contributed by atoms with Gasteiger partial charge in [0.25, 0.3) is 0 Å². The number of nitrogens with zero attached hydrogens (tertiary/aromatic N) is 2. The van der Waals surface area contributed by atoms with Crippen molar-refractivity contribution in [2.45, 2.75) is 31.7 Å². The summed E-state index contributed by atoms with van der Waals surface area (Å²) in [6.45, 7) is 4.13. The second-order valence-electron chi connectivity index (χ2n) is 4.92. The van der Waals surface area contributed by atoms with E-state index >= 15 is 0 Å². The third-order valence-corrected chi connectivity index (χ3v) is 4.92. The first-order valence-electron chi connectivity index (χ1n) is 6.37. The highest BCUT2D eigenvalue weighted by molar-refractivity contribution is 7.99. The third-order valence-electron chi connectivity index (χ3n) is 3.58. The number of aromatic nitrogens is 2. The van der Waals surface area contributed by atoms with E-state index in [4.69, 9.17) is 16.6 Å². The molecule has 2 unspecified atom stereocenters. The van der Waals surface area contributed by atoms with Crippen LogP contribution in [0.2, 0.25) is 0 Å². The summed E-state index contributed by atoms with van der Waals surface area (Å²) in [4.78, 5) is 4.78. The molecule has 1 aliphatic heterocycles. The molecule has 3 rings (SSSR count). The van der Waals surface area contributed by atoms with Crippen molar-refractivity contribution >= 4 is 34.4 Å². The summed E-state index contributed by atoms with van der Waals surface area (Å²) in [5, 5.41) is -0.0394. The fourth-order valence-corrected chi connectivity index (χ4v) is 4.01. The number of alkyl halides is 1. The van der Waals surface area contributed by atoms with Crippen LogP contribution in [0.5, 0.6) is 0 Å². The number of aryl methyl sites for hydroxylation is 1. The molecule has 18 heavy (non-hydrogen) atoms. The van der Waals surface area contributed by atoms with E-state index in [0.29, 0.717) is 6.04 Å². The molecule has 0 radical (unpaired) electrons. The molecule has 1 aliphatic rings. The molecule has 0 amide bonds. The normalized spacial score (nSPS) is 21.6. The smallest absolute Gasteiger partial charge is 0.128 e. The summed E-state index contributed by atoms with van der Waals surface area (Å²) in [6.07, 6.45) is 1.22. The molecule has 2 nitrogen and oxygen atoms in total. The Morgan fingerprint density at radius 1 is 1.50 bits per heavy atom. The van der Waals surface area contributed by atoms with Gasteiger partial charge in [-0.3, -0.25) is 0 Å². The van der Waals surface area contributed by atoms with Crippen LogP contribution in [0.25, 0.3) is 11.0 Å². The Bertz CT molecular complexity index is 570. The number of fused-ring (bicyclic) bond motifs is 1. The molecule has 1 saturated heterocycles. The summed E-state index contributed by atoms with van der Waals surface area (Å²) < 4.78 is 2.38. The minimum atomic E-state index is -0.0394. The van der Waals surface area contributed by atoms with Gasteiger partial charge >= 0.3 is 0 Å². The zero-order valence-corrected chi connectivity index (χ0v) is 12.3. The first kappa shape index (κ1) is 12.4. The second kappa shape index (κ2) is 4.78. The number of rotatable bonds is 2. The zero-order chi connectivity index (χ0) is 12.7. The fraction of sp³-hybridized carbons (Fsp3) is 0.500. The van der Waals surface area contributed by atoms with Crippen molar-refractivity contribution in [1.29, 1.82) is 0 Å². The molecule has 2 aromatic rings. The van der Waals surface area contributed by atoms with Gasteiger partial charge in [-0.15, -0.1) is 11.6 Å². The molecule has 2 heterocycles. The van der Waals surface area contributed by atoms with Crippen LogP contribution in [0, 0.1) is 6.92 Å². The van der Waals surface area contributed by atoms with Gasteiger partial charge in [0, 0.05) is 11.8 Å². The molecule has 0 spiro atoms. The molecule has 1 aromatic carbocycles. The highest BCUT2D eigenvalue weighted by atomic mass is 35.5. The Kier molecular flexibility index (Phi) is 3.29. The topological polar surface area (TPSA) is 17.8 Å². The molecule has 1 fully saturated rings. The largest absolute Gasteiger partial charge is 0.323 e. The van der Waals surface area contributed by atoms with E-state index in [0.717, 1.165) is 11.3 Å². The van der Waals surface area contributed by atoms with Crippen molar-refractivity contribution in [3.63, 3.8) is 0 Å². The van der Waals surface area contributed by atoms with Gasteiger partial charge in [0.1, 0.15) is 5.82 Å². The second-order valence-corrected chi connectivity index (χ2v) is 6.72. The summed E-state index contributed by atoms with van der Waals surface area (Å²) in [5.41, 5.74) is 3.58. The Balaban J connectivity index is 2.25. The Morgan fingerprint density at radius 2 is 2.33 bits per heavy atom. The van der Waals surface area contributed by atoms with Gasteiger partial charge in [-0.2, -0.15) is 11.8 Å². The summed E-state index contributed by atoms with van der Waals surface area (Å²) in [7, 11) is 0. The number of para-hydroxylation sites is 1. The van der Waals surface area contributed by atoms with E-state index in [1.54, 1.807) is 0 Å². The van der Waals surface area contributed by atoms with Crippen LogP contribution in [0.4, 0.5) is 0 Å². The van der Waals surface area contributed by atoms with Crippen molar-refractivity contribution in [3.05, 3.63) is 29.6 Å². The van der Waals surface area contributed by atoms with Gasteiger partial charge in [-0.05, 0) is 37.7 Å².